The lowest BCUT2D eigenvalue weighted by Crippen LogP contribution is -2.42. The number of hydrogen-bond acceptors (Lipinski definition) is 8. The van der Waals surface area contributed by atoms with Gasteiger partial charge in [-0.1, -0.05) is 6.07 Å². The highest BCUT2D eigenvalue weighted by molar-refractivity contribution is 5.32. The van der Waals surface area contributed by atoms with Crippen LogP contribution >= 0.6 is 0 Å². The van der Waals surface area contributed by atoms with Gasteiger partial charge < -0.3 is 19.3 Å². The Kier molecular flexibility index (Phi) is 7.23. The van der Waals surface area contributed by atoms with Crippen LogP contribution < -0.4 is 9.64 Å². The van der Waals surface area contributed by atoms with Crippen LogP contribution in [0.4, 0.5) is 5.95 Å². The topological polar surface area (TPSA) is 66.9 Å². The highest BCUT2D eigenvalue weighted by Crippen LogP contribution is 2.16. The van der Waals surface area contributed by atoms with Crippen molar-refractivity contribution < 1.29 is 9.47 Å². The molecular formula is C21H30N6O2. The highest BCUT2D eigenvalue weighted by Gasteiger charge is 2.18. The Morgan fingerprint density at radius 3 is 2.62 bits per heavy atom. The fourth-order valence-corrected chi connectivity index (χ4v) is 3.71. The Balaban J connectivity index is 1.27. The Hall–Kier alpha value is -2.29. The molecule has 8 heteroatoms. The van der Waals surface area contributed by atoms with Crippen LogP contribution in [-0.4, -0.2) is 90.3 Å². The third-order valence-electron chi connectivity index (χ3n) is 5.43. The molecule has 2 aromatic heterocycles. The van der Waals surface area contributed by atoms with E-state index >= 15 is 0 Å². The van der Waals surface area contributed by atoms with Crippen LogP contribution in [0.25, 0.3) is 0 Å². The molecule has 0 radical (unpaired) electrons. The molecule has 0 amide bonds. The van der Waals surface area contributed by atoms with E-state index < -0.39 is 0 Å². The Labute approximate surface area is 172 Å². The summed E-state index contributed by atoms with van der Waals surface area (Å²) in [6, 6.07) is 5.72. The smallest absolute Gasteiger partial charge is 0.228 e. The molecule has 2 aromatic rings. The summed E-state index contributed by atoms with van der Waals surface area (Å²) in [5.41, 5.74) is 1.03. The van der Waals surface area contributed by atoms with Gasteiger partial charge in [-0.2, -0.15) is 4.98 Å². The van der Waals surface area contributed by atoms with Crippen molar-refractivity contribution in [3.05, 3.63) is 42.4 Å². The minimum absolute atomic E-state index is 0.458. The van der Waals surface area contributed by atoms with Crippen molar-refractivity contribution in [2.24, 2.45) is 0 Å². The minimum Gasteiger partial charge on any atom is -0.473 e. The van der Waals surface area contributed by atoms with Gasteiger partial charge in [0.2, 0.25) is 11.8 Å². The molecule has 0 saturated carbocycles. The maximum atomic E-state index is 5.84. The van der Waals surface area contributed by atoms with Crippen LogP contribution in [0.5, 0.6) is 5.88 Å². The predicted octanol–water partition coefficient (Wildman–Crippen LogP) is 1.29. The molecule has 2 aliphatic heterocycles. The minimum atomic E-state index is 0.458. The van der Waals surface area contributed by atoms with Crippen molar-refractivity contribution in [2.75, 3.05) is 70.5 Å². The number of ether oxygens (including phenoxy) is 2. The third-order valence-corrected chi connectivity index (χ3v) is 5.43. The summed E-state index contributed by atoms with van der Waals surface area (Å²) in [6.45, 7) is 10.6. The molecule has 2 saturated heterocycles. The molecule has 2 aliphatic rings. The highest BCUT2D eigenvalue weighted by atomic mass is 16.5. The summed E-state index contributed by atoms with van der Waals surface area (Å²) < 4.78 is 11.3. The van der Waals surface area contributed by atoms with E-state index in [1.165, 1.54) is 0 Å². The van der Waals surface area contributed by atoms with E-state index in [0.717, 1.165) is 83.5 Å². The van der Waals surface area contributed by atoms with Gasteiger partial charge in [-0.15, -0.1) is 0 Å². The molecule has 4 rings (SSSR count). The van der Waals surface area contributed by atoms with Crippen LogP contribution in [0.3, 0.4) is 0 Å². The summed E-state index contributed by atoms with van der Waals surface area (Å²) in [5, 5.41) is 0. The predicted molar refractivity (Wildman–Crippen MR) is 111 cm³/mol. The molecule has 0 aromatic carbocycles. The number of nitrogens with zero attached hydrogens (tertiary/aromatic N) is 6. The van der Waals surface area contributed by atoms with Crippen molar-refractivity contribution in [1.82, 2.24) is 24.8 Å². The summed E-state index contributed by atoms with van der Waals surface area (Å²) in [5.74, 6) is 1.36. The van der Waals surface area contributed by atoms with Crippen LogP contribution in [0.1, 0.15) is 12.0 Å². The molecule has 0 N–H and O–H groups in total. The van der Waals surface area contributed by atoms with E-state index in [-0.39, 0.29) is 0 Å². The SMILES string of the molecule is c1cncc(COc2ccnc(N3CCCN(CCN4CCOCC4)CC3)n2)c1. The van der Waals surface area contributed by atoms with Gasteiger partial charge in [-0.25, -0.2) is 4.98 Å². The van der Waals surface area contributed by atoms with Crippen molar-refractivity contribution in [3.63, 3.8) is 0 Å². The molecule has 156 valence electrons. The second-order valence-corrected chi connectivity index (χ2v) is 7.48. The molecule has 0 unspecified atom stereocenters. The Morgan fingerprint density at radius 1 is 0.931 bits per heavy atom. The number of aromatic nitrogens is 3. The lowest BCUT2D eigenvalue weighted by molar-refractivity contribution is 0.0337. The van der Waals surface area contributed by atoms with Gasteiger partial charge in [0, 0.05) is 76.0 Å². The van der Waals surface area contributed by atoms with Crippen molar-refractivity contribution in [3.8, 4) is 5.88 Å². The van der Waals surface area contributed by atoms with Crippen molar-refractivity contribution in [2.45, 2.75) is 13.0 Å². The molecule has 4 heterocycles. The average Bonchev–Trinajstić information content (AvgIpc) is 3.04. The number of anilines is 1. The number of rotatable bonds is 7. The fraction of sp³-hybridized carbons (Fsp3) is 0.571. The van der Waals surface area contributed by atoms with Crippen molar-refractivity contribution >= 4 is 5.95 Å². The summed E-state index contributed by atoms with van der Waals surface area (Å²) >= 11 is 0. The van der Waals surface area contributed by atoms with E-state index in [0.29, 0.717) is 12.5 Å². The lowest BCUT2D eigenvalue weighted by atomic mass is 10.3. The van der Waals surface area contributed by atoms with Crippen molar-refractivity contribution in [1.29, 1.82) is 0 Å². The molecular weight excluding hydrogens is 368 g/mol. The summed E-state index contributed by atoms with van der Waals surface area (Å²) in [7, 11) is 0. The zero-order valence-electron chi connectivity index (χ0n) is 16.9. The zero-order valence-corrected chi connectivity index (χ0v) is 16.9. The van der Waals surface area contributed by atoms with Gasteiger partial charge >= 0.3 is 0 Å². The largest absolute Gasteiger partial charge is 0.473 e. The Morgan fingerprint density at radius 2 is 1.79 bits per heavy atom. The van der Waals surface area contributed by atoms with Gasteiger partial charge in [-0.05, 0) is 19.0 Å². The molecule has 8 nitrogen and oxygen atoms in total. The zero-order chi connectivity index (χ0) is 19.7. The molecule has 0 spiro atoms. The quantitative estimate of drug-likeness (QED) is 0.691. The number of pyridine rings is 1. The van der Waals surface area contributed by atoms with Gasteiger partial charge in [0.25, 0.3) is 0 Å². The monoisotopic (exact) mass is 398 g/mol. The van der Waals surface area contributed by atoms with E-state index in [9.17, 15) is 0 Å². The fourth-order valence-electron chi connectivity index (χ4n) is 3.71. The second kappa shape index (κ2) is 10.5. The maximum absolute atomic E-state index is 5.84. The first-order valence-electron chi connectivity index (χ1n) is 10.5. The second-order valence-electron chi connectivity index (χ2n) is 7.48. The number of hydrogen-bond donors (Lipinski definition) is 0. The third kappa shape index (κ3) is 6.09. The standard InChI is InChI=1S/C21H30N6O2/c1-3-19(17-22-5-1)18-29-20-4-6-23-21(24-20)27-8-2-7-25(11-12-27)9-10-26-13-15-28-16-14-26/h1,3-6,17H,2,7-16,18H2. The van der Waals surface area contributed by atoms with E-state index in [4.69, 9.17) is 9.47 Å². The first-order chi connectivity index (χ1) is 14.4. The van der Waals surface area contributed by atoms with Gasteiger partial charge in [0.05, 0.1) is 13.2 Å². The van der Waals surface area contributed by atoms with Crippen LogP contribution in [0.15, 0.2) is 36.8 Å². The van der Waals surface area contributed by atoms with E-state index in [1.807, 2.05) is 24.4 Å². The number of morpholine rings is 1. The summed E-state index contributed by atoms with van der Waals surface area (Å²) in [6.07, 6.45) is 6.47. The van der Waals surface area contributed by atoms with Gasteiger partial charge in [0.1, 0.15) is 6.61 Å². The van der Waals surface area contributed by atoms with Gasteiger partial charge in [0.15, 0.2) is 0 Å². The van der Waals surface area contributed by atoms with Crippen LogP contribution in [0, 0.1) is 0 Å². The molecule has 2 fully saturated rings. The first kappa shape index (κ1) is 20.0. The van der Waals surface area contributed by atoms with Gasteiger partial charge in [-0.3, -0.25) is 9.88 Å². The average molecular weight is 399 g/mol. The van der Waals surface area contributed by atoms with E-state index in [1.54, 1.807) is 12.4 Å². The summed E-state index contributed by atoms with van der Waals surface area (Å²) in [4.78, 5) is 20.6. The Bertz CT molecular complexity index is 741. The maximum Gasteiger partial charge on any atom is 0.228 e. The van der Waals surface area contributed by atoms with E-state index in [2.05, 4.69) is 29.7 Å². The first-order valence-corrected chi connectivity index (χ1v) is 10.5. The molecule has 0 atom stereocenters. The lowest BCUT2D eigenvalue weighted by Gasteiger charge is -2.29. The van der Waals surface area contributed by atoms with Crippen LogP contribution in [-0.2, 0) is 11.3 Å². The molecule has 0 bridgehead atoms. The van der Waals surface area contributed by atoms with Crippen LogP contribution in [0.2, 0.25) is 0 Å². The molecule has 29 heavy (non-hydrogen) atoms. The molecule has 0 aliphatic carbocycles. The normalized spacial score (nSPS) is 19.1.